The second-order valence-electron chi connectivity index (χ2n) is 12.8. The number of carbonyl (C=O) groups is 1. The Morgan fingerprint density at radius 3 is 2.00 bits per heavy atom. The summed E-state index contributed by atoms with van der Waals surface area (Å²) in [5, 5.41) is 18.5. The zero-order chi connectivity index (χ0) is 36.0. The van der Waals surface area contributed by atoms with E-state index in [4.69, 9.17) is 30.3 Å². The van der Waals surface area contributed by atoms with E-state index < -0.39 is 33.9 Å². The number of primary amides is 1. The van der Waals surface area contributed by atoms with Crippen LogP contribution in [0.2, 0.25) is 0 Å². The van der Waals surface area contributed by atoms with E-state index in [1.165, 1.54) is 18.3 Å². The van der Waals surface area contributed by atoms with E-state index >= 15 is 0 Å². The number of hydrogen-bond donors (Lipinski definition) is 2. The molecule has 9 nitrogen and oxygen atoms in total. The normalized spacial score (nSPS) is 15.1. The Balaban J connectivity index is 0.000000246. The summed E-state index contributed by atoms with van der Waals surface area (Å²) in [6, 6.07) is 11.4. The number of ether oxygens (including phenoxy) is 1. The lowest BCUT2D eigenvalue weighted by Crippen LogP contribution is -2.41. The van der Waals surface area contributed by atoms with Gasteiger partial charge in [-0.2, -0.15) is 10.5 Å². The molecule has 0 saturated carbocycles. The number of carbonyl (C=O) groups excluding carboxylic acids is 1. The van der Waals surface area contributed by atoms with Gasteiger partial charge in [-0.05, 0) is 131 Å². The molecule has 0 radical (unpaired) electrons. The summed E-state index contributed by atoms with van der Waals surface area (Å²) in [5.74, 6) is -0.367. The average molecular weight is 713 g/mol. The molecule has 4 rings (SSSR count). The Morgan fingerprint density at radius 1 is 1.02 bits per heavy atom. The van der Waals surface area contributed by atoms with Crippen LogP contribution in [0.1, 0.15) is 83.8 Å². The number of benzene rings is 2. The van der Waals surface area contributed by atoms with Crippen molar-refractivity contribution in [2.45, 2.75) is 84.3 Å². The zero-order valence-electron chi connectivity index (χ0n) is 28.1. The molecule has 3 N–H and O–H groups in total. The Bertz CT molecular complexity index is 1750. The van der Waals surface area contributed by atoms with E-state index in [-0.39, 0.29) is 33.7 Å². The number of rotatable bonds is 6. The molecule has 13 heteroatoms. The lowest BCUT2D eigenvalue weighted by Gasteiger charge is -2.32. The van der Waals surface area contributed by atoms with Gasteiger partial charge < -0.3 is 24.8 Å². The van der Waals surface area contributed by atoms with Crippen LogP contribution in [0.5, 0.6) is 0 Å². The van der Waals surface area contributed by atoms with Crippen molar-refractivity contribution in [2.75, 3.05) is 6.61 Å². The van der Waals surface area contributed by atoms with Crippen molar-refractivity contribution in [3.05, 3.63) is 91.9 Å². The molecule has 0 bridgehead atoms. The van der Waals surface area contributed by atoms with Crippen LogP contribution in [0.4, 0.5) is 8.78 Å². The standard InChI is InChI=1S/C13H11FN2O.C11H10BrFN2O.C10H19BO3/c1-13(2,7-15)9-5-8-3-4-16-12(17)11(8)10(14)6-9;1-11(2,5-14)6-3-7(12)9(10(15)16)8(13)4-6;1-6-12-8-7-11-13-9(2,3)10(4,5)14-11/h3-6H,1-2H3,(H,16,17);3-4H,1-2H3,(H2,15,16);7-8H,6H2,1-5H3/b;;8-7+. The first-order chi connectivity index (χ1) is 21.6. The third-order valence-corrected chi connectivity index (χ3v) is 8.51. The number of fused-ring (bicyclic) bond motifs is 1. The molecule has 2 heterocycles. The van der Waals surface area contributed by atoms with E-state index in [0.717, 1.165) is 6.07 Å². The monoisotopic (exact) mass is 712 g/mol. The summed E-state index contributed by atoms with van der Waals surface area (Å²) in [5.41, 5.74) is 3.30. The average Bonchev–Trinajstić information content (AvgIpc) is 3.18. The van der Waals surface area contributed by atoms with E-state index in [9.17, 15) is 18.4 Å². The summed E-state index contributed by atoms with van der Waals surface area (Å²) in [6.45, 7) is 17.5. The first kappa shape index (κ1) is 39.1. The number of H-pyrrole nitrogens is 1. The minimum atomic E-state index is -0.842. The van der Waals surface area contributed by atoms with Crippen LogP contribution in [-0.4, -0.2) is 35.8 Å². The molecule has 0 aliphatic carbocycles. The van der Waals surface area contributed by atoms with Gasteiger partial charge in [0.15, 0.2) is 0 Å². The van der Waals surface area contributed by atoms with Gasteiger partial charge in [0.05, 0.1) is 58.0 Å². The molecule has 0 unspecified atom stereocenters. The number of nitriles is 2. The van der Waals surface area contributed by atoms with Crippen molar-refractivity contribution < 1.29 is 27.6 Å². The van der Waals surface area contributed by atoms with Crippen LogP contribution < -0.4 is 11.3 Å². The topological polar surface area (TPSA) is 151 Å². The molecule has 47 heavy (non-hydrogen) atoms. The highest BCUT2D eigenvalue weighted by molar-refractivity contribution is 9.10. The van der Waals surface area contributed by atoms with E-state index in [1.807, 2.05) is 34.6 Å². The van der Waals surface area contributed by atoms with Gasteiger partial charge in [0.25, 0.3) is 11.5 Å². The molecular formula is C34H40BBrF2N4O5. The fourth-order valence-corrected chi connectivity index (χ4v) is 4.75. The SMILES string of the molecule is CC(C)(C#N)c1cc(F)c(C(N)=O)c(Br)c1.CC(C)(C#N)c1cc(F)c2c(=O)[nH]ccc2c1.CCO/C=C/B1OC(C)(C)C(C)(C)O1. The minimum Gasteiger partial charge on any atom is -0.502 e. The predicted molar refractivity (Wildman–Crippen MR) is 181 cm³/mol. The number of pyridine rings is 1. The van der Waals surface area contributed by atoms with Gasteiger partial charge in [0.1, 0.15) is 11.6 Å². The Morgan fingerprint density at radius 2 is 1.53 bits per heavy atom. The van der Waals surface area contributed by atoms with Crippen LogP contribution in [0.25, 0.3) is 10.8 Å². The summed E-state index contributed by atoms with van der Waals surface area (Å²) >= 11 is 3.07. The molecule has 1 saturated heterocycles. The Kier molecular flexibility index (Phi) is 12.7. The predicted octanol–water partition coefficient (Wildman–Crippen LogP) is 7.12. The summed E-state index contributed by atoms with van der Waals surface area (Å²) in [6.07, 6.45) is 3.09. The first-order valence-electron chi connectivity index (χ1n) is 14.7. The molecule has 2 aromatic carbocycles. The van der Waals surface area contributed by atoms with Crippen molar-refractivity contribution >= 4 is 39.7 Å². The van der Waals surface area contributed by atoms with Crippen molar-refractivity contribution in [3.63, 3.8) is 0 Å². The summed E-state index contributed by atoms with van der Waals surface area (Å²) in [7, 11) is -0.299. The molecule has 1 aromatic heterocycles. The quantitative estimate of drug-likeness (QED) is 0.204. The smallest absolute Gasteiger partial charge is 0.490 e. The first-order valence-corrected chi connectivity index (χ1v) is 15.5. The Hall–Kier alpha value is -4.04. The third-order valence-electron chi connectivity index (χ3n) is 7.89. The summed E-state index contributed by atoms with van der Waals surface area (Å²) < 4.78 is 44.2. The second-order valence-corrected chi connectivity index (χ2v) is 13.6. The number of nitrogens with zero attached hydrogens (tertiary/aromatic N) is 2. The van der Waals surface area contributed by atoms with Crippen LogP contribution in [0.15, 0.2) is 58.0 Å². The maximum atomic E-state index is 13.8. The van der Waals surface area contributed by atoms with E-state index in [0.29, 0.717) is 23.1 Å². The van der Waals surface area contributed by atoms with Crippen molar-refractivity contribution in [1.82, 2.24) is 4.98 Å². The molecule has 1 aliphatic rings. The molecule has 0 atom stereocenters. The van der Waals surface area contributed by atoms with Crippen molar-refractivity contribution in [3.8, 4) is 12.1 Å². The highest BCUT2D eigenvalue weighted by Crippen LogP contribution is 2.37. The fraction of sp³-hybridized carbons (Fsp3) is 0.412. The van der Waals surface area contributed by atoms with Crippen LogP contribution in [0, 0.1) is 34.3 Å². The van der Waals surface area contributed by atoms with Gasteiger partial charge in [-0.25, -0.2) is 8.78 Å². The van der Waals surface area contributed by atoms with Gasteiger partial charge >= 0.3 is 7.12 Å². The van der Waals surface area contributed by atoms with Crippen molar-refractivity contribution in [2.24, 2.45) is 5.73 Å². The molecule has 250 valence electrons. The molecule has 0 spiro atoms. The molecular weight excluding hydrogens is 673 g/mol. The summed E-state index contributed by atoms with van der Waals surface area (Å²) in [4.78, 5) is 24.9. The van der Waals surface area contributed by atoms with Crippen LogP contribution in [0.3, 0.4) is 0 Å². The fourth-order valence-electron chi connectivity index (χ4n) is 4.12. The molecule has 1 fully saturated rings. The lowest BCUT2D eigenvalue weighted by molar-refractivity contribution is 0.00578. The van der Waals surface area contributed by atoms with Gasteiger partial charge in [-0.3, -0.25) is 9.59 Å². The van der Waals surface area contributed by atoms with Gasteiger partial charge in [-0.15, -0.1) is 0 Å². The van der Waals surface area contributed by atoms with Gasteiger partial charge in [-0.1, -0.05) is 0 Å². The lowest BCUT2D eigenvalue weighted by atomic mass is 9.85. The van der Waals surface area contributed by atoms with Crippen LogP contribution in [-0.2, 0) is 24.9 Å². The number of nitrogens with two attached hydrogens (primary N) is 1. The molecule has 1 aliphatic heterocycles. The number of aromatic amines is 1. The number of nitrogens with one attached hydrogen (secondary N) is 1. The Labute approximate surface area is 283 Å². The van der Waals surface area contributed by atoms with Crippen LogP contribution >= 0.6 is 15.9 Å². The number of aromatic nitrogens is 1. The highest BCUT2D eigenvalue weighted by Gasteiger charge is 2.50. The molecule has 3 aromatic rings. The van der Waals surface area contributed by atoms with Gasteiger partial charge in [0, 0.05) is 10.7 Å². The third kappa shape index (κ3) is 9.51. The van der Waals surface area contributed by atoms with Crippen molar-refractivity contribution in [1.29, 1.82) is 10.5 Å². The number of halogens is 3. The van der Waals surface area contributed by atoms with E-state index in [2.05, 4.69) is 33.1 Å². The second kappa shape index (κ2) is 15.2. The highest BCUT2D eigenvalue weighted by atomic mass is 79.9. The minimum absolute atomic E-state index is 0.0324. The maximum Gasteiger partial charge on any atom is 0.490 e. The maximum absolute atomic E-state index is 13.8. The molecule has 1 amide bonds. The van der Waals surface area contributed by atoms with Gasteiger partial charge in [0.2, 0.25) is 0 Å². The largest absolute Gasteiger partial charge is 0.502 e. The van der Waals surface area contributed by atoms with E-state index in [1.54, 1.807) is 52.1 Å². The number of amides is 1. The number of hydrogen-bond acceptors (Lipinski definition) is 7. The zero-order valence-corrected chi connectivity index (χ0v) is 29.6.